The van der Waals surface area contributed by atoms with Crippen LogP contribution in [0.1, 0.15) is 0 Å². The van der Waals surface area contributed by atoms with Gasteiger partial charge in [0.2, 0.25) is 0 Å². The zero-order chi connectivity index (χ0) is 12.4. The van der Waals surface area contributed by atoms with Crippen molar-refractivity contribution in [2.45, 2.75) is 6.54 Å². The maximum atomic E-state index is 11.4. The van der Waals surface area contributed by atoms with E-state index < -0.39 is 0 Å². The Hall–Kier alpha value is -1.82. The number of carbonyl (C=O) groups excluding carboxylic acids is 1. The third-order valence-corrected chi connectivity index (χ3v) is 3.88. The van der Waals surface area contributed by atoms with Gasteiger partial charge < -0.3 is 14.8 Å². The Morgan fingerprint density at radius 3 is 3.11 bits per heavy atom. The van der Waals surface area contributed by atoms with E-state index in [2.05, 4.69) is 20.9 Å². The van der Waals surface area contributed by atoms with Crippen molar-refractivity contribution in [3.05, 3.63) is 29.9 Å². The summed E-state index contributed by atoms with van der Waals surface area (Å²) in [5, 5.41) is 4.85. The summed E-state index contributed by atoms with van der Waals surface area (Å²) in [7, 11) is 0. The lowest BCUT2D eigenvalue weighted by molar-refractivity contribution is 0.215. The zero-order valence-electron chi connectivity index (χ0n) is 9.87. The Morgan fingerprint density at radius 2 is 2.39 bits per heavy atom. The standard InChI is InChI=1S/C12H14N4OS/c17-12-14-4-6-16(12)8-7-15-5-3-13-11(15)10-2-1-9-18-10/h1-3,5,9H,4,6-8H2,(H,14,17). The van der Waals surface area contributed by atoms with Crippen LogP contribution in [0.25, 0.3) is 10.7 Å². The van der Waals surface area contributed by atoms with Crippen LogP contribution in [-0.4, -0.2) is 40.1 Å². The average molecular weight is 262 g/mol. The van der Waals surface area contributed by atoms with Gasteiger partial charge in [0.25, 0.3) is 0 Å². The zero-order valence-corrected chi connectivity index (χ0v) is 10.7. The first-order chi connectivity index (χ1) is 8.84. The van der Waals surface area contributed by atoms with Crippen LogP contribution in [-0.2, 0) is 6.54 Å². The maximum Gasteiger partial charge on any atom is 0.317 e. The largest absolute Gasteiger partial charge is 0.336 e. The van der Waals surface area contributed by atoms with Gasteiger partial charge >= 0.3 is 6.03 Å². The number of hydrogen-bond acceptors (Lipinski definition) is 3. The SMILES string of the molecule is O=C1NCCN1CCn1ccnc1-c1cccs1. The summed E-state index contributed by atoms with van der Waals surface area (Å²) in [6.07, 6.45) is 3.77. The van der Waals surface area contributed by atoms with E-state index in [9.17, 15) is 4.79 Å². The van der Waals surface area contributed by atoms with Crippen LogP contribution in [0, 0.1) is 0 Å². The molecular weight excluding hydrogens is 248 g/mol. The van der Waals surface area contributed by atoms with Gasteiger partial charge in [-0.3, -0.25) is 0 Å². The fourth-order valence-corrected chi connectivity index (χ4v) is 2.81. The third-order valence-electron chi connectivity index (χ3n) is 3.01. The number of rotatable bonds is 4. The highest BCUT2D eigenvalue weighted by atomic mass is 32.1. The molecule has 5 nitrogen and oxygen atoms in total. The van der Waals surface area contributed by atoms with Crippen molar-refractivity contribution in [2.75, 3.05) is 19.6 Å². The number of aromatic nitrogens is 2. The van der Waals surface area contributed by atoms with E-state index in [-0.39, 0.29) is 6.03 Å². The van der Waals surface area contributed by atoms with E-state index in [4.69, 9.17) is 0 Å². The molecule has 2 aromatic heterocycles. The van der Waals surface area contributed by atoms with Gasteiger partial charge in [0.05, 0.1) is 4.88 Å². The van der Waals surface area contributed by atoms with Crippen molar-refractivity contribution < 1.29 is 4.79 Å². The summed E-state index contributed by atoms with van der Waals surface area (Å²) in [5.41, 5.74) is 0. The molecule has 3 rings (SSSR count). The minimum atomic E-state index is 0.0350. The van der Waals surface area contributed by atoms with Gasteiger partial charge in [-0.05, 0) is 11.4 Å². The quantitative estimate of drug-likeness (QED) is 0.910. The first-order valence-corrected chi connectivity index (χ1v) is 6.80. The van der Waals surface area contributed by atoms with Crippen LogP contribution in [0.4, 0.5) is 4.79 Å². The minimum Gasteiger partial charge on any atom is -0.336 e. The molecule has 0 aliphatic carbocycles. The number of amides is 2. The van der Waals surface area contributed by atoms with E-state index in [0.29, 0.717) is 0 Å². The Morgan fingerprint density at radius 1 is 1.44 bits per heavy atom. The molecule has 2 amide bonds. The van der Waals surface area contributed by atoms with Gasteiger partial charge in [-0.25, -0.2) is 9.78 Å². The highest BCUT2D eigenvalue weighted by Crippen LogP contribution is 2.22. The lowest BCUT2D eigenvalue weighted by Crippen LogP contribution is -2.31. The first-order valence-electron chi connectivity index (χ1n) is 5.92. The summed E-state index contributed by atoms with van der Waals surface area (Å²) in [5.74, 6) is 0.976. The molecule has 0 spiro atoms. The van der Waals surface area contributed by atoms with Crippen molar-refractivity contribution in [2.24, 2.45) is 0 Å². The summed E-state index contributed by atoms with van der Waals surface area (Å²) in [6.45, 7) is 3.05. The molecule has 0 bridgehead atoms. The Bertz CT molecular complexity index is 534. The van der Waals surface area contributed by atoms with Crippen molar-refractivity contribution in [3.8, 4) is 10.7 Å². The highest BCUT2D eigenvalue weighted by molar-refractivity contribution is 7.13. The molecule has 1 N–H and O–H groups in total. The molecule has 0 radical (unpaired) electrons. The van der Waals surface area contributed by atoms with Crippen LogP contribution in [0.3, 0.4) is 0 Å². The van der Waals surface area contributed by atoms with E-state index in [1.807, 2.05) is 22.5 Å². The van der Waals surface area contributed by atoms with E-state index >= 15 is 0 Å². The lowest BCUT2D eigenvalue weighted by atomic mass is 10.4. The van der Waals surface area contributed by atoms with Gasteiger partial charge in [0, 0.05) is 38.6 Å². The summed E-state index contributed by atoms with van der Waals surface area (Å²) < 4.78 is 2.09. The number of nitrogens with zero attached hydrogens (tertiary/aromatic N) is 3. The Labute approximate surface area is 109 Å². The fraction of sp³-hybridized carbons (Fsp3) is 0.333. The Balaban J connectivity index is 1.70. The average Bonchev–Trinajstić information content (AvgIpc) is 3.07. The molecule has 0 atom stereocenters. The van der Waals surface area contributed by atoms with Gasteiger partial charge in [0.15, 0.2) is 0 Å². The summed E-state index contributed by atoms with van der Waals surface area (Å²) in [6, 6.07) is 4.12. The normalized spacial score (nSPS) is 15.1. The predicted octanol–water partition coefficient (Wildman–Crippen LogP) is 1.64. The van der Waals surface area contributed by atoms with Gasteiger partial charge in [-0.1, -0.05) is 6.07 Å². The Kier molecular flexibility index (Phi) is 3.02. The number of thiophene rings is 1. The van der Waals surface area contributed by atoms with Gasteiger partial charge in [-0.2, -0.15) is 0 Å². The third kappa shape index (κ3) is 2.11. The topological polar surface area (TPSA) is 50.2 Å². The number of carbonyl (C=O) groups is 1. The van der Waals surface area contributed by atoms with Crippen molar-refractivity contribution in [1.82, 2.24) is 19.8 Å². The molecule has 94 valence electrons. The molecule has 18 heavy (non-hydrogen) atoms. The molecule has 3 heterocycles. The van der Waals surface area contributed by atoms with Crippen molar-refractivity contribution in [1.29, 1.82) is 0 Å². The molecule has 1 aliphatic rings. The number of imidazole rings is 1. The van der Waals surface area contributed by atoms with Crippen LogP contribution < -0.4 is 5.32 Å². The predicted molar refractivity (Wildman–Crippen MR) is 70.5 cm³/mol. The monoisotopic (exact) mass is 262 g/mol. The molecule has 1 fully saturated rings. The molecular formula is C12H14N4OS. The molecule has 0 unspecified atom stereocenters. The second kappa shape index (κ2) is 4.81. The number of hydrogen-bond donors (Lipinski definition) is 1. The molecule has 0 aromatic carbocycles. The van der Waals surface area contributed by atoms with Crippen molar-refractivity contribution in [3.63, 3.8) is 0 Å². The van der Waals surface area contributed by atoms with Gasteiger partial charge in [-0.15, -0.1) is 11.3 Å². The highest BCUT2D eigenvalue weighted by Gasteiger charge is 2.19. The van der Waals surface area contributed by atoms with E-state index in [1.165, 1.54) is 0 Å². The second-order valence-corrected chi connectivity index (χ2v) is 5.09. The lowest BCUT2D eigenvalue weighted by Gasteiger charge is -2.15. The molecule has 2 aromatic rings. The first kappa shape index (κ1) is 11.3. The number of urea groups is 1. The van der Waals surface area contributed by atoms with Crippen LogP contribution in [0.2, 0.25) is 0 Å². The smallest absolute Gasteiger partial charge is 0.317 e. The molecule has 6 heteroatoms. The van der Waals surface area contributed by atoms with Crippen LogP contribution >= 0.6 is 11.3 Å². The van der Waals surface area contributed by atoms with Crippen molar-refractivity contribution >= 4 is 17.4 Å². The fourth-order valence-electron chi connectivity index (χ4n) is 2.07. The summed E-state index contributed by atoms with van der Waals surface area (Å²) in [4.78, 5) is 18.8. The number of nitrogens with one attached hydrogen (secondary N) is 1. The molecule has 1 saturated heterocycles. The summed E-state index contributed by atoms with van der Waals surface area (Å²) >= 11 is 1.68. The van der Waals surface area contributed by atoms with Gasteiger partial charge in [0.1, 0.15) is 5.82 Å². The minimum absolute atomic E-state index is 0.0350. The second-order valence-electron chi connectivity index (χ2n) is 4.14. The molecule has 1 aliphatic heterocycles. The van der Waals surface area contributed by atoms with E-state index in [1.54, 1.807) is 17.5 Å². The molecule has 0 saturated carbocycles. The maximum absolute atomic E-state index is 11.4. The van der Waals surface area contributed by atoms with E-state index in [0.717, 1.165) is 36.9 Å². The van der Waals surface area contributed by atoms with Crippen LogP contribution in [0.15, 0.2) is 29.9 Å². The van der Waals surface area contributed by atoms with Crippen LogP contribution in [0.5, 0.6) is 0 Å².